The van der Waals surface area contributed by atoms with Crippen LogP contribution in [0.5, 0.6) is 0 Å². The van der Waals surface area contributed by atoms with E-state index in [0.717, 1.165) is 4.31 Å². The summed E-state index contributed by atoms with van der Waals surface area (Å²) in [7, 11) is -3.86. The fraction of sp³-hybridized carbons (Fsp3) is 0.364. The molecule has 1 aromatic rings. The molecular weight excluding hydrogens is 370 g/mol. The second kappa shape index (κ2) is 5.98. The number of benzene rings is 1. The van der Waals surface area contributed by atoms with Crippen molar-refractivity contribution in [1.29, 1.82) is 0 Å². The summed E-state index contributed by atoms with van der Waals surface area (Å²) in [6.45, 7) is 0.822. The van der Waals surface area contributed by atoms with Crippen LogP contribution < -0.4 is 11.1 Å². The number of amides is 1. The first-order valence-corrected chi connectivity index (χ1v) is 8.42. The third-order valence-electron chi connectivity index (χ3n) is 3.00. The van der Waals surface area contributed by atoms with Gasteiger partial charge in [-0.3, -0.25) is 4.79 Å². The van der Waals surface area contributed by atoms with Crippen LogP contribution in [-0.4, -0.2) is 44.3 Å². The second-order valence-corrected chi connectivity index (χ2v) is 7.49. The molecule has 9 heteroatoms. The van der Waals surface area contributed by atoms with Crippen LogP contribution in [0.2, 0.25) is 5.02 Å². The number of rotatable bonds is 3. The van der Waals surface area contributed by atoms with Gasteiger partial charge in [0.2, 0.25) is 15.9 Å². The molecular formula is C11H13BrClN3O3S. The van der Waals surface area contributed by atoms with E-state index in [1.54, 1.807) is 6.07 Å². The number of halogens is 2. The van der Waals surface area contributed by atoms with Gasteiger partial charge in [-0.1, -0.05) is 27.5 Å². The zero-order chi connectivity index (χ0) is 14.9. The van der Waals surface area contributed by atoms with Gasteiger partial charge in [0.1, 0.15) is 10.9 Å². The molecule has 1 aromatic carbocycles. The van der Waals surface area contributed by atoms with Crippen LogP contribution in [-0.2, 0) is 14.8 Å². The average Bonchev–Trinajstić information content (AvgIpc) is 2.38. The van der Waals surface area contributed by atoms with Crippen molar-refractivity contribution in [2.75, 3.05) is 19.6 Å². The van der Waals surface area contributed by atoms with E-state index in [1.807, 2.05) is 0 Å². The lowest BCUT2D eigenvalue weighted by molar-refractivity contribution is -0.122. The fourth-order valence-electron chi connectivity index (χ4n) is 2.03. The highest BCUT2D eigenvalue weighted by Gasteiger charge is 2.37. The summed E-state index contributed by atoms with van der Waals surface area (Å²) in [6.07, 6.45) is 0. The molecule has 6 nitrogen and oxygen atoms in total. The van der Waals surface area contributed by atoms with E-state index in [1.165, 1.54) is 12.1 Å². The van der Waals surface area contributed by atoms with Crippen molar-refractivity contribution in [1.82, 2.24) is 9.62 Å². The minimum atomic E-state index is -3.86. The number of nitrogens with two attached hydrogens (primary N) is 1. The predicted molar refractivity (Wildman–Crippen MR) is 78.9 cm³/mol. The Kier molecular flexibility index (Phi) is 4.70. The normalized spacial score (nSPS) is 20.8. The van der Waals surface area contributed by atoms with Gasteiger partial charge < -0.3 is 11.1 Å². The number of carbonyl (C=O) groups excluding carboxylic acids is 1. The summed E-state index contributed by atoms with van der Waals surface area (Å²) in [5.41, 5.74) is 5.27. The van der Waals surface area contributed by atoms with Gasteiger partial charge in [-0.25, -0.2) is 8.42 Å². The molecule has 110 valence electrons. The zero-order valence-electron chi connectivity index (χ0n) is 10.3. The molecule has 1 heterocycles. The van der Waals surface area contributed by atoms with Crippen molar-refractivity contribution >= 4 is 43.5 Å². The van der Waals surface area contributed by atoms with Crippen molar-refractivity contribution < 1.29 is 13.2 Å². The first kappa shape index (κ1) is 15.7. The van der Waals surface area contributed by atoms with Crippen LogP contribution in [0.1, 0.15) is 0 Å². The van der Waals surface area contributed by atoms with E-state index in [0.29, 0.717) is 11.0 Å². The zero-order valence-corrected chi connectivity index (χ0v) is 13.5. The SMILES string of the molecule is NC(=O)C1CNCCN1S(=O)(=O)c1ccc(Br)cc1Cl. The Morgan fingerprint density at radius 1 is 1.50 bits per heavy atom. The quantitative estimate of drug-likeness (QED) is 0.798. The molecule has 1 amide bonds. The van der Waals surface area contributed by atoms with Crippen LogP contribution >= 0.6 is 27.5 Å². The summed E-state index contributed by atoms with van der Waals surface area (Å²) < 4.78 is 27.0. The van der Waals surface area contributed by atoms with Crippen molar-refractivity contribution in [3.05, 3.63) is 27.7 Å². The first-order valence-electron chi connectivity index (χ1n) is 5.81. The molecule has 1 saturated heterocycles. The van der Waals surface area contributed by atoms with E-state index in [9.17, 15) is 13.2 Å². The van der Waals surface area contributed by atoms with Crippen LogP contribution in [0.4, 0.5) is 0 Å². The summed E-state index contributed by atoms with van der Waals surface area (Å²) in [5.74, 6) is -0.686. The van der Waals surface area contributed by atoms with Crippen molar-refractivity contribution in [2.24, 2.45) is 5.73 Å². The Labute approximate surface area is 130 Å². The second-order valence-electron chi connectivity index (χ2n) is 4.31. The van der Waals surface area contributed by atoms with E-state index >= 15 is 0 Å². The third kappa shape index (κ3) is 2.99. The molecule has 0 spiro atoms. The molecule has 1 aliphatic heterocycles. The molecule has 3 N–H and O–H groups in total. The van der Waals surface area contributed by atoms with Gasteiger partial charge in [-0.15, -0.1) is 0 Å². The molecule has 0 bridgehead atoms. The Balaban J connectivity index is 2.45. The number of hydrogen-bond acceptors (Lipinski definition) is 4. The summed E-state index contributed by atoms with van der Waals surface area (Å²) >= 11 is 9.21. The number of nitrogens with zero attached hydrogens (tertiary/aromatic N) is 1. The maximum Gasteiger partial charge on any atom is 0.245 e. The molecule has 1 unspecified atom stereocenters. The summed E-state index contributed by atoms with van der Waals surface area (Å²) in [4.78, 5) is 11.4. The van der Waals surface area contributed by atoms with Gasteiger partial charge in [0.05, 0.1) is 5.02 Å². The van der Waals surface area contributed by atoms with Crippen LogP contribution in [0.3, 0.4) is 0 Å². The highest BCUT2D eigenvalue weighted by atomic mass is 79.9. The van der Waals surface area contributed by atoms with Crippen molar-refractivity contribution in [3.8, 4) is 0 Å². The maximum absolute atomic E-state index is 12.6. The van der Waals surface area contributed by atoms with E-state index in [2.05, 4.69) is 21.2 Å². The van der Waals surface area contributed by atoms with E-state index < -0.39 is 22.0 Å². The monoisotopic (exact) mass is 381 g/mol. The minimum Gasteiger partial charge on any atom is -0.368 e. The third-order valence-corrected chi connectivity index (χ3v) is 5.89. The maximum atomic E-state index is 12.6. The lowest BCUT2D eigenvalue weighted by Crippen LogP contribution is -2.58. The van der Waals surface area contributed by atoms with Crippen LogP contribution in [0.15, 0.2) is 27.6 Å². The molecule has 2 rings (SSSR count). The standard InChI is InChI=1S/C11H13BrClN3O3S/c12-7-1-2-10(8(13)5-7)20(18,19)16-4-3-15-6-9(16)11(14)17/h1-2,5,9,15H,3-4,6H2,(H2,14,17). The van der Waals surface area contributed by atoms with Crippen molar-refractivity contribution in [3.63, 3.8) is 0 Å². The van der Waals surface area contributed by atoms with Gasteiger partial charge >= 0.3 is 0 Å². The molecule has 0 radical (unpaired) electrons. The number of primary amides is 1. The topological polar surface area (TPSA) is 92.5 Å². The smallest absolute Gasteiger partial charge is 0.245 e. The molecule has 0 saturated carbocycles. The van der Waals surface area contributed by atoms with Crippen LogP contribution in [0.25, 0.3) is 0 Å². The van der Waals surface area contributed by atoms with Crippen LogP contribution in [0, 0.1) is 0 Å². The molecule has 1 fully saturated rings. The summed E-state index contributed by atoms with van der Waals surface area (Å²) in [6, 6.07) is 3.58. The first-order chi connectivity index (χ1) is 9.34. The number of hydrogen-bond donors (Lipinski definition) is 2. The fourth-order valence-corrected chi connectivity index (χ4v) is 4.64. The lowest BCUT2D eigenvalue weighted by Gasteiger charge is -2.33. The van der Waals surface area contributed by atoms with Gasteiger partial charge in [-0.05, 0) is 18.2 Å². The van der Waals surface area contributed by atoms with Gasteiger partial charge in [0, 0.05) is 24.1 Å². The number of sulfonamides is 1. The Morgan fingerprint density at radius 2 is 2.20 bits per heavy atom. The number of nitrogens with one attached hydrogen (secondary N) is 1. The van der Waals surface area contributed by atoms with Crippen molar-refractivity contribution in [2.45, 2.75) is 10.9 Å². The number of carbonyl (C=O) groups is 1. The van der Waals surface area contributed by atoms with E-state index in [4.69, 9.17) is 17.3 Å². The Morgan fingerprint density at radius 3 is 2.80 bits per heavy atom. The molecule has 1 atom stereocenters. The van der Waals surface area contributed by atoms with Gasteiger partial charge in [-0.2, -0.15) is 4.31 Å². The largest absolute Gasteiger partial charge is 0.368 e. The molecule has 0 aromatic heterocycles. The Bertz CT molecular complexity index is 638. The average molecular weight is 383 g/mol. The predicted octanol–water partition coefficient (Wildman–Crippen LogP) is 0.550. The molecule has 20 heavy (non-hydrogen) atoms. The highest BCUT2D eigenvalue weighted by Crippen LogP contribution is 2.28. The van der Waals surface area contributed by atoms with Gasteiger partial charge in [0.25, 0.3) is 0 Å². The highest BCUT2D eigenvalue weighted by molar-refractivity contribution is 9.10. The van der Waals surface area contributed by atoms with E-state index in [-0.39, 0.29) is 23.0 Å². The van der Waals surface area contributed by atoms with Gasteiger partial charge in [0.15, 0.2) is 0 Å². The lowest BCUT2D eigenvalue weighted by atomic mass is 10.2. The summed E-state index contributed by atoms with van der Waals surface area (Å²) in [5, 5.41) is 3.04. The molecule has 1 aliphatic rings. The minimum absolute atomic E-state index is 0.0319. The Hall–Kier alpha value is -0.670. The molecule has 0 aliphatic carbocycles. The number of piperazine rings is 1.